The summed E-state index contributed by atoms with van der Waals surface area (Å²) in [6, 6.07) is 6.54. The van der Waals surface area contributed by atoms with Gasteiger partial charge in [0.2, 0.25) is 0 Å². The van der Waals surface area contributed by atoms with E-state index in [9.17, 15) is 0 Å². The molecule has 90 valence electrons. The molecule has 0 bridgehead atoms. The minimum atomic E-state index is 0.609. The molecule has 0 spiro atoms. The van der Waals surface area contributed by atoms with Crippen molar-refractivity contribution in [1.82, 2.24) is 4.98 Å². The quantitative estimate of drug-likeness (QED) is 0.881. The molecule has 1 heterocycles. The Kier molecular flexibility index (Phi) is 2.89. The van der Waals surface area contributed by atoms with Crippen molar-refractivity contribution in [2.75, 3.05) is 6.54 Å². The Morgan fingerprint density at radius 2 is 2.29 bits per heavy atom. The molecule has 0 saturated heterocycles. The molecule has 17 heavy (non-hydrogen) atoms. The highest BCUT2D eigenvalue weighted by molar-refractivity contribution is 7.18. The van der Waals surface area contributed by atoms with Gasteiger partial charge in [0.25, 0.3) is 0 Å². The van der Waals surface area contributed by atoms with E-state index in [2.05, 4.69) is 25.1 Å². The first-order valence-corrected chi connectivity index (χ1v) is 7.16. The van der Waals surface area contributed by atoms with E-state index in [4.69, 9.17) is 10.7 Å². The van der Waals surface area contributed by atoms with Gasteiger partial charge in [-0.2, -0.15) is 0 Å². The average molecular weight is 246 g/mol. The zero-order valence-electron chi connectivity index (χ0n) is 10.1. The van der Waals surface area contributed by atoms with E-state index in [1.165, 1.54) is 34.5 Å². The predicted octanol–water partition coefficient (Wildman–Crippen LogP) is 3.45. The third kappa shape index (κ3) is 1.98. The SMILES string of the molecule is Cc1ccc2sc(C3CCCC3CN)nc2c1. The number of benzene rings is 1. The lowest BCUT2D eigenvalue weighted by Crippen LogP contribution is -2.16. The number of fused-ring (bicyclic) bond motifs is 1. The summed E-state index contributed by atoms with van der Waals surface area (Å²) in [5.41, 5.74) is 8.30. The maximum absolute atomic E-state index is 5.86. The van der Waals surface area contributed by atoms with Crippen molar-refractivity contribution in [3.8, 4) is 0 Å². The van der Waals surface area contributed by atoms with E-state index in [-0.39, 0.29) is 0 Å². The number of rotatable bonds is 2. The van der Waals surface area contributed by atoms with Gasteiger partial charge in [-0.05, 0) is 49.9 Å². The number of thiazole rings is 1. The fraction of sp³-hybridized carbons (Fsp3) is 0.500. The molecule has 1 aliphatic carbocycles. The van der Waals surface area contributed by atoms with Crippen molar-refractivity contribution >= 4 is 21.6 Å². The largest absolute Gasteiger partial charge is 0.330 e. The van der Waals surface area contributed by atoms with Gasteiger partial charge < -0.3 is 5.73 Å². The first-order chi connectivity index (χ1) is 8.28. The summed E-state index contributed by atoms with van der Waals surface area (Å²) < 4.78 is 1.31. The second kappa shape index (κ2) is 4.39. The summed E-state index contributed by atoms with van der Waals surface area (Å²) in [5.74, 6) is 1.26. The van der Waals surface area contributed by atoms with E-state index >= 15 is 0 Å². The number of hydrogen-bond acceptors (Lipinski definition) is 3. The van der Waals surface area contributed by atoms with Crippen LogP contribution < -0.4 is 5.73 Å². The number of aryl methyl sites for hydroxylation is 1. The molecule has 0 aliphatic heterocycles. The molecule has 2 nitrogen and oxygen atoms in total. The van der Waals surface area contributed by atoms with Crippen LogP contribution in [0.15, 0.2) is 18.2 Å². The minimum Gasteiger partial charge on any atom is -0.330 e. The summed E-state index contributed by atoms with van der Waals surface area (Å²) in [6.07, 6.45) is 3.85. The van der Waals surface area contributed by atoms with E-state index in [1.807, 2.05) is 11.3 Å². The van der Waals surface area contributed by atoms with Crippen molar-refractivity contribution in [3.05, 3.63) is 28.8 Å². The standard InChI is InChI=1S/C14H18N2S/c1-9-5-6-13-12(7-9)16-14(17-13)11-4-2-3-10(11)8-15/h5-7,10-11H,2-4,8,15H2,1H3. The Balaban J connectivity index is 2.00. The predicted molar refractivity (Wildman–Crippen MR) is 73.5 cm³/mol. The van der Waals surface area contributed by atoms with Gasteiger partial charge in [0.05, 0.1) is 15.2 Å². The summed E-state index contributed by atoms with van der Waals surface area (Å²) in [5, 5.41) is 1.30. The lowest BCUT2D eigenvalue weighted by atomic mass is 9.97. The lowest BCUT2D eigenvalue weighted by molar-refractivity contribution is 0.495. The van der Waals surface area contributed by atoms with Crippen LogP contribution in [0.25, 0.3) is 10.2 Å². The molecule has 0 radical (unpaired) electrons. The van der Waals surface area contributed by atoms with Gasteiger partial charge in [-0.25, -0.2) is 4.98 Å². The summed E-state index contributed by atoms with van der Waals surface area (Å²) in [7, 11) is 0. The van der Waals surface area contributed by atoms with Crippen LogP contribution in [0.2, 0.25) is 0 Å². The third-order valence-electron chi connectivity index (χ3n) is 3.84. The molecular weight excluding hydrogens is 228 g/mol. The van der Waals surface area contributed by atoms with Crippen LogP contribution in [0.1, 0.15) is 35.8 Å². The fourth-order valence-corrected chi connectivity index (χ4v) is 4.03. The van der Waals surface area contributed by atoms with Crippen LogP contribution >= 0.6 is 11.3 Å². The topological polar surface area (TPSA) is 38.9 Å². The molecule has 1 aromatic heterocycles. The summed E-state index contributed by atoms with van der Waals surface area (Å²) in [4.78, 5) is 4.82. The Morgan fingerprint density at radius 1 is 1.41 bits per heavy atom. The molecular formula is C14H18N2S. The van der Waals surface area contributed by atoms with Gasteiger partial charge >= 0.3 is 0 Å². The van der Waals surface area contributed by atoms with E-state index in [1.54, 1.807) is 0 Å². The van der Waals surface area contributed by atoms with E-state index in [0.717, 1.165) is 12.1 Å². The molecule has 3 rings (SSSR count). The maximum Gasteiger partial charge on any atom is 0.0972 e. The summed E-state index contributed by atoms with van der Waals surface area (Å²) >= 11 is 1.86. The second-order valence-electron chi connectivity index (χ2n) is 5.06. The maximum atomic E-state index is 5.86. The minimum absolute atomic E-state index is 0.609. The number of nitrogens with two attached hydrogens (primary N) is 1. The second-order valence-corrected chi connectivity index (χ2v) is 6.12. The molecule has 3 heteroatoms. The van der Waals surface area contributed by atoms with Crippen molar-refractivity contribution in [2.24, 2.45) is 11.7 Å². The molecule has 1 aliphatic rings. The third-order valence-corrected chi connectivity index (χ3v) is 5.01. The normalized spacial score (nSPS) is 24.6. The summed E-state index contributed by atoms with van der Waals surface area (Å²) in [6.45, 7) is 2.93. The number of nitrogens with zero attached hydrogens (tertiary/aromatic N) is 1. The van der Waals surface area contributed by atoms with Gasteiger partial charge in [0.1, 0.15) is 0 Å². The molecule has 2 aromatic rings. The first-order valence-electron chi connectivity index (χ1n) is 6.35. The fourth-order valence-electron chi connectivity index (χ4n) is 2.86. The van der Waals surface area contributed by atoms with Crippen LogP contribution in [0, 0.1) is 12.8 Å². The molecule has 0 amide bonds. The van der Waals surface area contributed by atoms with E-state index in [0.29, 0.717) is 11.8 Å². The van der Waals surface area contributed by atoms with Crippen LogP contribution in [0.3, 0.4) is 0 Å². The van der Waals surface area contributed by atoms with Gasteiger partial charge in [-0.1, -0.05) is 12.5 Å². The lowest BCUT2D eigenvalue weighted by Gasteiger charge is -2.14. The molecule has 2 unspecified atom stereocenters. The molecule has 1 aromatic carbocycles. The van der Waals surface area contributed by atoms with Crippen molar-refractivity contribution < 1.29 is 0 Å². The first kappa shape index (κ1) is 11.2. The highest BCUT2D eigenvalue weighted by atomic mass is 32.1. The van der Waals surface area contributed by atoms with Gasteiger partial charge in [-0.3, -0.25) is 0 Å². The molecule has 2 N–H and O–H groups in total. The number of hydrogen-bond donors (Lipinski definition) is 1. The number of aromatic nitrogens is 1. The Labute approximate surface area is 106 Å². The molecule has 1 saturated carbocycles. The Bertz CT molecular complexity index is 532. The molecule has 2 atom stereocenters. The zero-order chi connectivity index (χ0) is 11.8. The molecule has 1 fully saturated rings. The van der Waals surface area contributed by atoms with Crippen molar-refractivity contribution in [1.29, 1.82) is 0 Å². The highest BCUT2D eigenvalue weighted by Crippen LogP contribution is 2.41. The van der Waals surface area contributed by atoms with Crippen LogP contribution in [0.5, 0.6) is 0 Å². The monoisotopic (exact) mass is 246 g/mol. The van der Waals surface area contributed by atoms with Gasteiger partial charge in [0.15, 0.2) is 0 Å². The van der Waals surface area contributed by atoms with Gasteiger partial charge in [-0.15, -0.1) is 11.3 Å². The van der Waals surface area contributed by atoms with Crippen molar-refractivity contribution in [2.45, 2.75) is 32.1 Å². The average Bonchev–Trinajstić information content (AvgIpc) is 2.93. The Morgan fingerprint density at radius 3 is 3.12 bits per heavy atom. The van der Waals surface area contributed by atoms with Crippen LogP contribution in [0.4, 0.5) is 0 Å². The highest BCUT2D eigenvalue weighted by Gasteiger charge is 2.29. The van der Waals surface area contributed by atoms with Crippen LogP contribution in [-0.2, 0) is 0 Å². The van der Waals surface area contributed by atoms with E-state index < -0.39 is 0 Å². The smallest absolute Gasteiger partial charge is 0.0972 e. The van der Waals surface area contributed by atoms with Gasteiger partial charge in [0, 0.05) is 5.92 Å². The zero-order valence-corrected chi connectivity index (χ0v) is 11.0. The van der Waals surface area contributed by atoms with Crippen LogP contribution in [-0.4, -0.2) is 11.5 Å². The van der Waals surface area contributed by atoms with Crippen molar-refractivity contribution in [3.63, 3.8) is 0 Å². The Hall–Kier alpha value is -0.930.